The lowest BCUT2D eigenvalue weighted by molar-refractivity contribution is 0.326. The molecule has 8 heavy (non-hydrogen) atoms. The molecule has 0 heterocycles. The standard InChI is InChI=1S/C7H14O/c1-3-4-5-7(2)6-8/h8H,2-6H2,1H3. The molecule has 0 saturated heterocycles. The predicted molar refractivity (Wildman–Crippen MR) is 35.8 cm³/mol. The Kier molecular flexibility index (Phi) is 4.67. The second-order valence-corrected chi connectivity index (χ2v) is 2.01. The Labute approximate surface area is 51.0 Å². The molecule has 0 unspecified atom stereocenters. The molecule has 1 N–H and O–H groups in total. The molecule has 0 aliphatic heterocycles. The third-order valence-corrected chi connectivity index (χ3v) is 1.11. The van der Waals surface area contributed by atoms with Crippen LogP contribution in [0.15, 0.2) is 12.2 Å². The van der Waals surface area contributed by atoms with Crippen LogP contribution in [0.2, 0.25) is 0 Å². The van der Waals surface area contributed by atoms with Crippen molar-refractivity contribution in [2.75, 3.05) is 6.61 Å². The van der Waals surface area contributed by atoms with Gasteiger partial charge in [0.15, 0.2) is 0 Å². The van der Waals surface area contributed by atoms with E-state index in [1.54, 1.807) is 0 Å². The highest BCUT2D eigenvalue weighted by atomic mass is 16.3. The number of aliphatic hydroxyl groups excluding tert-OH is 1. The molecule has 0 fully saturated rings. The molecule has 0 atom stereocenters. The lowest BCUT2D eigenvalue weighted by Gasteiger charge is -1.96. The van der Waals surface area contributed by atoms with E-state index >= 15 is 0 Å². The third kappa shape index (κ3) is 3.88. The summed E-state index contributed by atoms with van der Waals surface area (Å²) < 4.78 is 0. The van der Waals surface area contributed by atoms with Crippen LogP contribution in [0.25, 0.3) is 0 Å². The van der Waals surface area contributed by atoms with E-state index in [0.29, 0.717) is 0 Å². The molecule has 0 aromatic rings. The molecule has 0 saturated carbocycles. The fourth-order valence-corrected chi connectivity index (χ4v) is 0.506. The van der Waals surface area contributed by atoms with E-state index in [9.17, 15) is 0 Å². The molecular formula is C7H14O. The maximum absolute atomic E-state index is 8.46. The third-order valence-electron chi connectivity index (χ3n) is 1.11. The van der Waals surface area contributed by atoms with Crippen LogP contribution in [0.4, 0.5) is 0 Å². The van der Waals surface area contributed by atoms with Crippen molar-refractivity contribution in [1.82, 2.24) is 0 Å². The SMILES string of the molecule is C=C(CO)CCCC. The minimum atomic E-state index is 0.153. The van der Waals surface area contributed by atoms with Crippen LogP contribution < -0.4 is 0 Å². The van der Waals surface area contributed by atoms with Gasteiger partial charge < -0.3 is 5.11 Å². The molecule has 0 aliphatic carbocycles. The highest BCUT2D eigenvalue weighted by Gasteiger charge is 1.87. The lowest BCUT2D eigenvalue weighted by Crippen LogP contribution is -1.86. The van der Waals surface area contributed by atoms with E-state index in [0.717, 1.165) is 18.4 Å². The molecule has 1 heteroatoms. The molecule has 0 bridgehead atoms. The van der Waals surface area contributed by atoms with Crippen LogP contribution in [0.5, 0.6) is 0 Å². The number of aliphatic hydroxyl groups is 1. The van der Waals surface area contributed by atoms with Crippen LogP contribution in [0.3, 0.4) is 0 Å². The van der Waals surface area contributed by atoms with Crippen molar-refractivity contribution in [3.8, 4) is 0 Å². The Balaban J connectivity index is 2.99. The zero-order chi connectivity index (χ0) is 6.41. The van der Waals surface area contributed by atoms with E-state index in [1.165, 1.54) is 6.42 Å². The van der Waals surface area contributed by atoms with Gasteiger partial charge in [-0.3, -0.25) is 0 Å². The van der Waals surface area contributed by atoms with Crippen LogP contribution in [0, 0.1) is 0 Å². The van der Waals surface area contributed by atoms with Gasteiger partial charge in [0.1, 0.15) is 0 Å². The monoisotopic (exact) mass is 114 g/mol. The van der Waals surface area contributed by atoms with Gasteiger partial charge in [0.25, 0.3) is 0 Å². The fraction of sp³-hybridized carbons (Fsp3) is 0.714. The molecule has 0 rings (SSSR count). The second kappa shape index (κ2) is 4.85. The van der Waals surface area contributed by atoms with Gasteiger partial charge >= 0.3 is 0 Å². The first-order chi connectivity index (χ1) is 3.81. The normalized spacial score (nSPS) is 9.25. The molecule has 1 nitrogen and oxygen atoms in total. The average molecular weight is 114 g/mol. The van der Waals surface area contributed by atoms with Crippen LogP contribution in [0.1, 0.15) is 26.2 Å². The molecule has 0 aliphatic rings. The van der Waals surface area contributed by atoms with Gasteiger partial charge in [0.05, 0.1) is 6.61 Å². The van der Waals surface area contributed by atoms with Crippen molar-refractivity contribution in [3.63, 3.8) is 0 Å². The zero-order valence-corrected chi connectivity index (χ0v) is 5.48. The second-order valence-electron chi connectivity index (χ2n) is 2.01. The maximum atomic E-state index is 8.46. The molecule has 0 amide bonds. The Morgan fingerprint density at radius 3 is 2.62 bits per heavy atom. The van der Waals surface area contributed by atoms with Crippen LogP contribution in [-0.4, -0.2) is 11.7 Å². The minimum absolute atomic E-state index is 0.153. The Hall–Kier alpha value is -0.300. The van der Waals surface area contributed by atoms with Gasteiger partial charge in [-0.2, -0.15) is 0 Å². The summed E-state index contributed by atoms with van der Waals surface area (Å²) in [6.07, 6.45) is 3.31. The summed E-state index contributed by atoms with van der Waals surface area (Å²) >= 11 is 0. The predicted octanol–water partition coefficient (Wildman–Crippen LogP) is 1.73. The highest BCUT2D eigenvalue weighted by molar-refractivity contribution is 4.92. The van der Waals surface area contributed by atoms with Crippen LogP contribution >= 0.6 is 0 Å². The molecule has 0 aromatic carbocycles. The van der Waals surface area contributed by atoms with Crippen LogP contribution in [-0.2, 0) is 0 Å². The van der Waals surface area contributed by atoms with Crippen molar-refractivity contribution < 1.29 is 5.11 Å². The summed E-state index contributed by atoms with van der Waals surface area (Å²) in [4.78, 5) is 0. The molecule has 0 radical (unpaired) electrons. The molecule has 0 aromatic heterocycles. The van der Waals surface area contributed by atoms with Gasteiger partial charge in [-0.15, -0.1) is 0 Å². The number of hydrogen-bond acceptors (Lipinski definition) is 1. The first-order valence-electron chi connectivity index (χ1n) is 3.08. The largest absolute Gasteiger partial charge is 0.392 e. The first-order valence-corrected chi connectivity index (χ1v) is 3.08. The summed E-state index contributed by atoms with van der Waals surface area (Å²) in [6, 6.07) is 0. The van der Waals surface area contributed by atoms with Crippen molar-refractivity contribution in [3.05, 3.63) is 12.2 Å². The van der Waals surface area contributed by atoms with Gasteiger partial charge in [0, 0.05) is 0 Å². The smallest absolute Gasteiger partial charge is 0.0639 e. The Morgan fingerprint density at radius 2 is 2.25 bits per heavy atom. The average Bonchev–Trinajstić information content (AvgIpc) is 1.83. The Bertz CT molecular complexity index is 66.8. The quantitative estimate of drug-likeness (QED) is 0.552. The topological polar surface area (TPSA) is 20.2 Å². The molecule has 48 valence electrons. The zero-order valence-electron chi connectivity index (χ0n) is 5.48. The minimum Gasteiger partial charge on any atom is -0.392 e. The summed E-state index contributed by atoms with van der Waals surface area (Å²) in [5.74, 6) is 0. The van der Waals surface area contributed by atoms with E-state index in [4.69, 9.17) is 5.11 Å². The molecule has 0 spiro atoms. The number of rotatable bonds is 4. The van der Waals surface area contributed by atoms with Gasteiger partial charge in [0.2, 0.25) is 0 Å². The lowest BCUT2D eigenvalue weighted by atomic mass is 10.1. The van der Waals surface area contributed by atoms with E-state index in [2.05, 4.69) is 13.5 Å². The molecular weight excluding hydrogens is 100 g/mol. The summed E-state index contributed by atoms with van der Waals surface area (Å²) in [7, 11) is 0. The maximum Gasteiger partial charge on any atom is 0.0639 e. The van der Waals surface area contributed by atoms with Crippen molar-refractivity contribution in [2.24, 2.45) is 0 Å². The summed E-state index contributed by atoms with van der Waals surface area (Å²) in [5.41, 5.74) is 0.951. The Morgan fingerprint density at radius 1 is 1.62 bits per heavy atom. The van der Waals surface area contributed by atoms with Gasteiger partial charge in [-0.05, 0) is 12.8 Å². The van der Waals surface area contributed by atoms with Gasteiger partial charge in [-0.25, -0.2) is 0 Å². The van der Waals surface area contributed by atoms with Crippen molar-refractivity contribution >= 4 is 0 Å². The van der Waals surface area contributed by atoms with E-state index in [-0.39, 0.29) is 6.61 Å². The summed E-state index contributed by atoms with van der Waals surface area (Å²) in [5, 5.41) is 8.46. The highest BCUT2D eigenvalue weighted by Crippen LogP contribution is 2.02. The summed E-state index contributed by atoms with van der Waals surface area (Å²) in [6.45, 7) is 5.94. The van der Waals surface area contributed by atoms with Crippen molar-refractivity contribution in [1.29, 1.82) is 0 Å². The first kappa shape index (κ1) is 7.70. The fourth-order valence-electron chi connectivity index (χ4n) is 0.506. The van der Waals surface area contributed by atoms with Gasteiger partial charge in [-0.1, -0.05) is 25.5 Å². The van der Waals surface area contributed by atoms with E-state index < -0.39 is 0 Å². The van der Waals surface area contributed by atoms with E-state index in [1.807, 2.05) is 0 Å². The number of hydrogen-bond donors (Lipinski definition) is 1. The van der Waals surface area contributed by atoms with Crippen molar-refractivity contribution in [2.45, 2.75) is 26.2 Å². The number of unbranched alkanes of at least 4 members (excludes halogenated alkanes) is 1.